The topological polar surface area (TPSA) is 108 Å². The third kappa shape index (κ3) is 2.70. The average Bonchev–Trinajstić information content (AvgIpc) is 2.88. The summed E-state index contributed by atoms with van der Waals surface area (Å²) in [7, 11) is 0. The van der Waals surface area contributed by atoms with Crippen LogP contribution in [-0.4, -0.2) is 15.1 Å². The standard InChI is InChI=1S/C12H8F2N4O3/c1-2-3-7(15)12-16-11(17-21-12)9-6(13)4-5-8(10(9)14)18(19)20/h1,4-5,7H,3,15H2. The molecule has 7 nitrogen and oxygen atoms in total. The maximum Gasteiger partial charge on any atom is 0.305 e. The quantitative estimate of drug-likeness (QED) is 0.524. The molecule has 1 atom stereocenters. The third-order valence-corrected chi connectivity index (χ3v) is 2.59. The first-order valence-corrected chi connectivity index (χ1v) is 5.61. The molecule has 0 spiro atoms. The normalized spacial score (nSPS) is 11.9. The molecule has 0 saturated heterocycles. The molecule has 0 saturated carbocycles. The van der Waals surface area contributed by atoms with Crippen LogP contribution < -0.4 is 5.73 Å². The number of nitro benzene ring substituents is 1. The van der Waals surface area contributed by atoms with Gasteiger partial charge in [-0.2, -0.15) is 9.37 Å². The molecule has 0 bridgehead atoms. The van der Waals surface area contributed by atoms with E-state index in [1.165, 1.54) is 0 Å². The fourth-order valence-electron chi connectivity index (χ4n) is 1.59. The molecule has 1 aromatic heterocycles. The van der Waals surface area contributed by atoms with Crippen LogP contribution in [0.15, 0.2) is 16.7 Å². The number of terminal acetylenes is 1. The summed E-state index contributed by atoms with van der Waals surface area (Å²) < 4.78 is 32.4. The highest BCUT2D eigenvalue weighted by atomic mass is 19.1. The molecule has 2 N–H and O–H groups in total. The molecule has 0 aliphatic carbocycles. The van der Waals surface area contributed by atoms with E-state index < -0.39 is 39.7 Å². The van der Waals surface area contributed by atoms with E-state index in [-0.39, 0.29) is 12.3 Å². The molecule has 2 rings (SSSR count). The van der Waals surface area contributed by atoms with Gasteiger partial charge >= 0.3 is 5.69 Å². The number of nitrogens with two attached hydrogens (primary N) is 1. The van der Waals surface area contributed by atoms with Crippen molar-refractivity contribution in [1.29, 1.82) is 0 Å². The van der Waals surface area contributed by atoms with Crippen molar-refractivity contribution < 1.29 is 18.2 Å². The van der Waals surface area contributed by atoms with Gasteiger partial charge in [-0.05, 0) is 6.07 Å². The van der Waals surface area contributed by atoms with E-state index in [1.54, 1.807) is 0 Å². The minimum atomic E-state index is -1.39. The number of hydrogen-bond donors (Lipinski definition) is 1. The second kappa shape index (κ2) is 5.64. The van der Waals surface area contributed by atoms with E-state index in [4.69, 9.17) is 16.7 Å². The van der Waals surface area contributed by atoms with Crippen molar-refractivity contribution in [3.05, 3.63) is 39.8 Å². The summed E-state index contributed by atoms with van der Waals surface area (Å²) in [4.78, 5) is 13.4. The zero-order valence-electron chi connectivity index (χ0n) is 10.4. The van der Waals surface area contributed by atoms with Crippen molar-refractivity contribution in [3.63, 3.8) is 0 Å². The second-order valence-corrected chi connectivity index (χ2v) is 3.98. The molecule has 9 heteroatoms. The van der Waals surface area contributed by atoms with Crippen molar-refractivity contribution in [1.82, 2.24) is 10.1 Å². The summed E-state index contributed by atoms with van der Waals surface area (Å²) in [5.74, 6) is -0.772. The Labute approximate surface area is 116 Å². The number of nitrogens with zero attached hydrogens (tertiary/aromatic N) is 3. The van der Waals surface area contributed by atoms with Crippen LogP contribution in [0.25, 0.3) is 11.4 Å². The maximum atomic E-state index is 14.0. The van der Waals surface area contributed by atoms with Crippen LogP contribution in [0.2, 0.25) is 0 Å². The average molecular weight is 294 g/mol. The lowest BCUT2D eigenvalue weighted by Gasteiger charge is -2.01. The Hall–Kier alpha value is -2.86. The van der Waals surface area contributed by atoms with Gasteiger partial charge in [0.05, 0.1) is 11.0 Å². The lowest BCUT2D eigenvalue weighted by atomic mass is 10.1. The van der Waals surface area contributed by atoms with E-state index in [9.17, 15) is 18.9 Å². The molecule has 108 valence electrons. The van der Waals surface area contributed by atoms with Crippen molar-refractivity contribution >= 4 is 5.69 Å². The summed E-state index contributed by atoms with van der Waals surface area (Å²) in [6, 6.07) is 0.661. The molecule has 0 amide bonds. The lowest BCUT2D eigenvalue weighted by Crippen LogP contribution is -2.09. The second-order valence-electron chi connectivity index (χ2n) is 3.98. The van der Waals surface area contributed by atoms with Gasteiger partial charge in [0.25, 0.3) is 0 Å². The van der Waals surface area contributed by atoms with Crippen LogP contribution in [0.3, 0.4) is 0 Å². The summed E-state index contributed by atoms with van der Waals surface area (Å²) in [6.07, 6.45) is 5.16. The van der Waals surface area contributed by atoms with Crippen LogP contribution in [0.1, 0.15) is 18.4 Å². The molecule has 0 radical (unpaired) electrons. The zero-order valence-corrected chi connectivity index (χ0v) is 10.4. The summed E-state index contributed by atoms with van der Waals surface area (Å²) in [5.41, 5.74) is 3.96. The highest BCUT2D eigenvalue weighted by molar-refractivity contribution is 5.61. The van der Waals surface area contributed by atoms with Gasteiger partial charge in [0.15, 0.2) is 0 Å². The molecule has 2 aromatic rings. The van der Waals surface area contributed by atoms with E-state index in [1.807, 2.05) is 0 Å². The number of nitro groups is 1. The largest absolute Gasteiger partial charge is 0.337 e. The number of benzene rings is 1. The lowest BCUT2D eigenvalue weighted by molar-refractivity contribution is -0.387. The Morgan fingerprint density at radius 3 is 2.86 bits per heavy atom. The van der Waals surface area contributed by atoms with Gasteiger partial charge in [0, 0.05) is 12.5 Å². The minimum absolute atomic E-state index is 0.0849. The third-order valence-electron chi connectivity index (χ3n) is 2.59. The zero-order chi connectivity index (χ0) is 15.6. The van der Waals surface area contributed by atoms with E-state index in [0.29, 0.717) is 6.07 Å². The Morgan fingerprint density at radius 2 is 2.24 bits per heavy atom. The van der Waals surface area contributed by atoms with Gasteiger partial charge in [-0.1, -0.05) is 5.16 Å². The fraction of sp³-hybridized carbons (Fsp3) is 0.167. The summed E-state index contributed by atoms with van der Waals surface area (Å²) in [5, 5.41) is 14.0. The number of aromatic nitrogens is 2. The molecule has 0 aliphatic rings. The molecular weight excluding hydrogens is 286 g/mol. The number of halogens is 2. The van der Waals surface area contributed by atoms with Gasteiger partial charge in [-0.3, -0.25) is 10.1 Å². The Bertz CT molecular complexity index is 739. The Kier molecular flexibility index (Phi) is 3.91. The van der Waals surface area contributed by atoms with E-state index >= 15 is 0 Å². The van der Waals surface area contributed by atoms with Crippen LogP contribution in [0.4, 0.5) is 14.5 Å². The van der Waals surface area contributed by atoms with Crippen LogP contribution in [-0.2, 0) is 0 Å². The molecule has 1 heterocycles. The van der Waals surface area contributed by atoms with Crippen molar-refractivity contribution in [2.75, 3.05) is 0 Å². The number of hydrogen-bond acceptors (Lipinski definition) is 6. The van der Waals surface area contributed by atoms with Gasteiger partial charge in [0.1, 0.15) is 11.4 Å². The van der Waals surface area contributed by atoms with Gasteiger partial charge in [0.2, 0.25) is 17.5 Å². The first kappa shape index (κ1) is 14.5. The van der Waals surface area contributed by atoms with E-state index in [2.05, 4.69) is 16.1 Å². The van der Waals surface area contributed by atoms with E-state index in [0.717, 1.165) is 6.07 Å². The smallest absolute Gasteiger partial charge is 0.305 e. The molecule has 1 unspecified atom stereocenters. The molecule has 0 aliphatic heterocycles. The number of rotatable bonds is 4. The highest BCUT2D eigenvalue weighted by Gasteiger charge is 2.26. The predicted molar refractivity (Wildman–Crippen MR) is 66.7 cm³/mol. The Balaban J connectivity index is 2.50. The van der Waals surface area contributed by atoms with Crippen LogP contribution in [0, 0.1) is 34.1 Å². The first-order chi connectivity index (χ1) is 9.95. The monoisotopic (exact) mass is 294 g/mol. The Morgan fingerprint density at radius 1 is 1.52 bits per heavy atom. The first-order valence-electron chi connectivity index (χ1n) is 5.61. The minimum Gasteiger partial charge on any atom is -0.337 e. The van der Waals surface area contributed by atoms with Crippen molar-refractivity contribution in [2.45, 2.75) is 12.5 Å². The molecule has 21 heavy (non-hydrogen) atoms. The van der Waals surface area contributed by atoms with Crippen molar-refractivity contribution in [3.8, 4) is 23.7 Å². The van der Waals surface area contributed by atoms with Gasteiger partial charge in [-0.25, -0.2) is 4.39 Å². The maximum absolute atomic E-state index is 14.0. The van der Waals surface area contributed by atoms with Crippen molar-refractivity contribution in [2.24, 2.45) is 5.73 Å². The van der Waals surface area contributed by atoms with Gasteiger partial charge < -0.3 is 10.3 Å². The van der Waals surface area contributed by atoms with Crippen LogP contribution >= 0.6 is 0 Å². The predicted octanol–water partition coefficient (Wildman–Crippen LogP) is 1.95. The highest BCUT2D eigenvalue weighted by Crippen LogP contribution is 2.30. The SMILES string of the molecule is C#CCC(N)c1nc(-c2c(F)ccc([N+](=O)[O-])c2F)no1. The molecule has 0 fully saturated rings. The molecule has 1 aromatic carbocycles. The summed E-state index contributed by atoms with van der Waals surface area (Å²) >= 11 is 0. The van der Waals surface area contributed by atoms with Crippen LogP contribution in [0.5, 0.6) is 0 Å². The van der Waals surface area contributed by atoms with Gasteiger partial charge in [-0.15, -0.1) is 12.3 Å². The fourth-order valence-corrected chi connectivity index (χ4v) is 1.59. The summed E-state index contributed by atoms with van der Waals surface area (Å²) in [6.45, 7) is 0. The molecular formula is C12H8F2N4O3.